The standard InChI is InChI=1S/C26H32N2O5/c1-6-27(7-2)13-14-28-23(18-9-8-10-19(16-18)32-4)22(25(30)26(28)31)24(29)20-15-17(3)11-12-21(20)33-5/h8-12,15-16,23,29H,6-7,13-14H2,1-5H3/b24-22+. The summed E-state index contributed by atoms with van der Waals surface area (Å²) < 4.78 is 10.8. The van der Waals surface area contributed by atoms with Crippen LogP contribution in [-0.4, -0.2) is 67.0 Å². The Kier molecular flexibility index (Phi) is 7.76. The molecule has 1 aliphatic heterocycles. The summed E-state index contributed by atoms with van der Waals surface area (Å²) in [5.41, 5.74) is 2.02. The molecule has 1 heterocycles. The fourth-order valence-corrected chi connectivity index (χ4v) is 4.21. The van der Waals surface area contributed by atoms with Crippen molar-refractivity contribution in [3.63, 3.8) is 0 Å². The summed E-state index contributed by atoms with van der Waals surface area (Å²) >= 11 is 0. The third-order valence-electron chi connectivity index (χ3n) is 6.11. The summed E-state index contributed by atoms with van der Waals surface area (Å²) in [6.07, 6.45) is 0. The number of nitrogens with zero attached hydrogens (tertiary/aromatic N) is 2. The highest BCUT2D eigenvalue weighted by molar-refractivity contribution is 6.46. The molecule has 1 amide bonds. The summed E-state index contributed by atoms with van der Waals surface area (Å²) in [7, 11) is 3.07. The number of ether oxygens (including phenoxy) is 2. The zero-order chi connectivity index (χ0) is 24.1. The molecule has 2 aromatic rings. The van der Waals surface area contributed by atoms with Gasteiger partial charge in [0.15, 0.2) is 0 Å². The second-order valence-corrected chi connectivity index (χ2v) is 8.00. The van der Waals surface area contributed by atoms with Crippen molar-refractivity contribution in [2.45, 2.75) is 26.8 Å². The van der Waals surface area contributed by atoms with Gasteiger partial charge in [0.2, 0.25) is 0 Å². The molecule has 0 saturated carbocycles. The average Bonchev–Trinajstić information content (AvgIpc) is 3.09. The normalized spacial score (nSPS) is 17.6. The number of hydrogen-bond donors (Lipinski definition) is 1. The van der Waals surface area contributed by atoms with E-state index >= 15 is 0 Å². The van der Waals surface area contributed by atoms with Crippen molar-refractivity contribution in [2.24, 2.45) is 0 Å². The van der Waals surface area contributed by atoms with E-state index in [4.69, 9.17) is 9.47 Å². The molecule has 0 spiro atoms. The van der Waals surface area contributed by atoms with Gasteiger partial charge in [-0.15, -0.1) is 0 Å². The smallest absolute Gasteiger partial charge is 0.295 e. The lowest BCUT2D eigenvalue weighted by Gasteiger charge is -2.28. The first-order chi connectivity index (χ1) is 15.9. The van der Waals surface area contributed by atoms with Crippen LogP contribution < -0.4 is 9.47 Å². The molecule has 33 heavy (non-hydrogen) atoms. The molecule has 0 aromatic heterocycles. The number of aliphatic hydroxyl groups is 1. The SMILES string of the molecule is CCN(CC)CCN1C(=O)C(=O)/C(=C(/O)c2cc(C)ccc2OC)C1c1cccc(OC)c1. The molecule has 1 N–H and O–H groups in total. The second-order valence-electron chi connectivity index (χ2n) is 8.00. The van der Waals surface area contributed by atoms with Crippen LogP contribution >= 0.6 is 0 Å². The molecule has 0 bridgehead atoms. The highest BCUT2D eigenvalue weighted by Gasteiger charge is 2.46. The van der Waals surface area contributed by atoms with Crippen molar-refractivity contribution in [1.82, 2.24) is 9.80 Å². The van der Waals surface area contributed by atoms with Crippen molar-refractivity contribution in [1.29, 1.82) is 0 Å². The van der Waals surface area contributed by atoms with Crippen LogP contribution in [0, 0.1) is 6.92 Å². The molecule has 0 aliphatic carbocycles. The van der Waals surface area contributed by atoms with Gasteiger partial charge in [0, 0.05) is 13.1 Å². The predicted octanol–water partition coefficient (Wildman–Crippen LogP) is 3.78. The van der Waals surface area contributed by atoms with Gasteiger partial charge < -0.3 is 24.4 Å². The van der Waals surface area contributed by atoms with Crippen LogP contribution in [0.5, 0.6) is 11.5 Å². The van der Waals surface area contributed by atoms with Crippen molar-refractivity contribution < 1.29 is 24.2 Å². The number of ketones is 1. The Morgan fingerprint density at radius 3 is 2.42 bits per heavy atom. The Balaban J connectivity index is 2.18. The first-order valence-electron chi connectivity index (χ1n) is 11.2. The van der Waals surface area contributed by atoms with Crippen molar-refractivity contribution in [3.05, 3.63) is 64.7 Å². The summed E-state index contributed by atoms with van der Waals surface area (Å²) in [5, 5.41) is 11.3. The highest BCUT2D eigenvalue weighted by Crippen LogP contribution is 2.41. The van der Waals surface area contributed by atoms with E-state index in [1.54, 1.807) is 36.3 Å². The largest absolute Gasteiger partial charge is 0.507 e. The van der Waals surface area contributed by atoms with Crippen molar-refractivity contribution >= 4 is 17.4 Å². The lowest BCUT2D eigenvalue weighted by Crippen LogP contribution is -2.38. The second kappa shape index (κ2) is 10.5. The number of aryl methyl sites for hydroxylation is 1. The highest BCUT2D eigenvalue weighted by atomic mass is 16.5. The van der Waals surface area contributed by atoms with Gasteiger partial charge in [-0.1, -0.05) is 37.6 Å². The molecule has 1 aliphatic rings. The molecule has 2 aromatic carbocycles. The lowest BCUT2D eigenvalue weighted by atomic mass is 9.94. The molecule has 1 unspecified atom stereocenters. The third-order valence-corrected chi connectivity index (χ3v) is 6.11. The van der Waals surface area contributed by atoms with E-state index in [2.05, 4.69) is 18.7 Å². The summed E-state index contributed by atoms with van der Waals surface area (Å²) in [4.78, 5) is 30.1. The first kappa shape index (κ1) is 24.3. The number of Topliss-reactive ketones (excluding diaryl/α,β-unsaturated/α-hetero) is 1. The summed E-state index contributed by atoms with van der Waals surface area (Å²) in [5.74, 6) is -0.537. The number of methoxy groups -OCH3 is 2. The van der Waals surface area contributed by atoms with Crippen LogP contribution in [-0.2, 0) is 9.59 Å². The summed E-state index contributed by atoms with van der Waals surface area (Å²) in [6.45, 7) is 8.65. The van der Waals surface area contributed by atoms with Gasteiger partial charge in [-0.3, -0.25) is 9.59 Å². The fourth-order valence-electron chi connectivity index (χ4n) is 4.21. The van der Waals surface area contributed by atoms with E-state index in [0.29, 0.717) is 35.7 Å². The Bertz CT molecular complexity index is 1060. The molecule has 176 valence electrons. The summed E-state index contributed by atoms with van der Waals surface area (Å²) in [6, 6.07) is 11.9. The number of carbonyl (C=O) groups excluding carboxylic acids is 2. The maximum absolute atomic E-state index is 13.2. The number of likely N-dealkylation sites (N-methyl/N-ethyl adjacent to an activating group) is 1. The number of hydrogen-bond acceptors (Lipinski definition) is 6. The zero-order valence-electron chi connectivity index (χ0n) is 19.9. The molecule has 7 nitrogen and oxygen atoms in total. The zero-order valence-corrected chi connectivity index (χ0v) is 19.9. The number of benzene rings is 2. The molecular weight excluding hydrogens is 420 g/mol. The van der Waals surface area contributed by atoms with E-state index in [1.165, 1.54) is 7.11 Å². The lowest BCUT2D eigenvalue weighted by molar-refractivity contribution is -0.140. The van der Waals surface area contributed by atoms with Crippen molar-refractivity contribution in [2.75, 3.05) is 40.4 Å². The Morgan fingerprint density at radius 2 is 1.79 bits per heavy atom. The van der Waals surface area contributed by atoms with Gasteiger partial charge in [-0.25, -0.2) is 0 Å². The molecular formula is C26H32N2O5. The number of amides is 1. The molecule has 1 saturated heterocycles. The molecule has 0 radical (unpaired) electrons. The van der Waals surface area contributed by atoms with Gasteiger partial charge in [-0.2, -0.15) is 0 Å². The number of carbonyl (C=O) groups is 2. The molecule has 3 rings (SSSR count). The third kappa shape index (κ3) is 4.88. The van der Waals surface area contributed by atoms with E-state index in [0.717, 1.165) is 18.7 Å². The molecule has 1 atom stereocenters. The Morgan fingerprint density at radius 1 is 1.06 bits per heavy atom. The van der Waals surface area contributed by atoms with Crippen LogP contribution in [0.2, 0.25) is 0 Å². The van der Waals surface area contributed by atoms with E-state index in [-0.39, 0.29) is 11.3 Å². The monoisotopic (exact) mass is 452 g/mol. The van der Waals surface area contributed by atoms with Gasteiger partial charge in [-0.05, 0) is 49.8 Å². The average molecular weight is 453 g/mol. The van der Waals surface area contributed by atoms with Crippen LogP contribution in [0.1, 0.15) is 36.6 Å². The maximum Gasteiger partial charge on any atom is 0.295 e. The van der Waals surface area contributed by atoms with Crippen LogP contribution in [0.4, 0.5) is 0 Å². The van der Waals surface area contributed by atoms with Crippen molar-refractivity contribution in [3.8, 4) is 11.5 Å². The number of likely N-dealkylation sites (tertiary alicyclic amines) is 1. The van der Waals surface area contributed by atoms with Gasteiger partial charge in [0.25, 0.3) is 11.7 Å². The Labute approximate surface area is 195 Å². The van der Waals surface area contributed by atoms with E-state index in [1.807, 2.05) is 25.1 Å². The molecule has 7 heteroatoms. The van der Waals surface area contributed by atoms with Crippen LogP contribution in [0.25, 0.3) is 5.76 Å². The predicted molar refractivity (Wildman–Crippen MR) is 128 cm³/mol. The minimum atomic E-state index is -0.735. The van der Waals surface area contributed by atoms with E-state index < -0.39 is 17.7 Å². The Hall–Kier alpha value is -3.32. The van der Waals surface area contributed by atoms with Gasteiger partial charge in [0.1, 0.15) is 17.3 Å². The minimum Gasteiger partial charge on any atom is -0.507 e. The number of rotatable bonds is 9. The molecule has 1 fully saturated rings. The first-order valence-corrected chi connectivity index (χ1v) is 11.2. The van der Waals surface area contributed by atoms with Crippen LogP contribution in [0.3, 0.4) is 0 Å². The van der Waals surface area contributed by atoms with E-state index in [9.17, 15) is 14.7 Å². The van der Waals surface area contributed by atoms with Gasteiger partial charge >= 0.3 is 0 Å². The topological polar surface area (TPSA) is 79.3 Å². The maximum atomic E-state index is 13.2. The fraction of sp³-hybridized carbons (Fsp3) is 0.385. The number of aliphatic hydroxyl groups excluding tert-OH is 1. The van der Waals surface area contributed by atoms with Crippen LogP contribution in [0.15, 0.2) is 48.0 Å². The quantitative estimate of drug-likeness (QED) is 0.354. The van der Waals surface area contributed by atoms with Gasteiger partial charge in [0.05, 0.1) is 31.4 Å². The minimum absolute atomic E-state index is 0.0525.